The largest absolute Gasteiger partial charge is 0.504 e. The summed E-state index contributed by atoms with van der Waals surface area (Å²) in [5.74, 6) is 0.864. The summed E-state index contributed by atoms with van der Waals surface area (Å²) in [5.41, 5.74) is 2.75. The van der Waals surface area contributed by atoms with Crippen LogP contribution in [0.15, 0.2) is 46.4 Å². The zero-order valence-electron chi connectivity index (χ0n) is 9.03. The second-order valence-corrected chi connectivity index (χ2v) is 4.04. The number of hydrogen-bond donors (Lipinski definition) is 1. The van der Waals surface area contributed by atoms with Gasteiger partial charge in [0.15, 0.2) is 11.5 Å². The van der Waals surface area contributed by atoms with Crippen molar-refractivity contribution in [2.45, 2.75) is 13.3 Å². The van der Waals surface area contributed by atoms with E-state index in [0.29, 0.717) is 5.76 Å². The highest BCUT2D eigenvalue weighted by Gasteiger charge is 2.18. The van der Waals surface area contributed by atoms with E-state index in [1.54, 1.807) is 0 Å². The molecule has 0 unspecified atom stereocenters. The van der Waals surface area contributed by atoms with Gasteiger partial charge in [-0.25, -0.2) is 0 Å². The molecule has 0 spiro atoms. The Hall–Kier alpha value is -1.96. The fourth-order valence-electron chi connectivity index (χ4n) is 2.10. The van der Waals surface area contributed by atoms with Gasteiger partial charge in [-0.3, -0.25) is 0 Å². The smallest absolute Gasteiger partial charge is 0.173 e. The highest BCUT2D eigenvalue weighted by molar-refractivity contribution is 5.86. The van der Waals surface area contributed by atoms with Gasteiger partial charge in [0.25, 0.3) is 0 Å². The number of furan rings is 1. The van der Waals surface area contributed by atoms with E-state index in [0.717, 1.165) is 28.5 Å². The van der Waals surface area contributed by atoms with Gasteiger partial charge in [0.05, 0.1) is 0 Å². The van der Waals surface area contributed by atoms with E-state index in [9.17, 15) is 5.11 Å². The van der Waals surface area contributed by atoms with Crippen molar-refractivity contribution in [2.24, 2.45) is 0 Å². The summed E-state index contributed by atoms with van der Waals surface area (Å²) < 4.78 is 5.71. The fraction of sp³-hybridized carbons (Fsp3) is 0.143. The zero-order valence-corrected chi connectivity index (χ0v) is 9.03. The lowest BCUT2D eigenvalue weighted by Gasteiger charge is -1.98. The Morgan fingerprint density at radius 2 is 2.06 bits per heavy atom. The molecule has 1 heterocycles. The third kappa shape index (κ3) is 1.20. The van der Waals surface area contributed by atoms with Crippen LogP contribution in [0.4, 0.5) is 0 Å². The lowest BCUT2D eigenvalue weighted by atomic mass is 10.1. The Morgan fingerprint density at radius 3 is 2.94 bits per heavy atom. The van der Waals surface area contributed by atoms with Gasteiger partial charge in [0.2, 0.25) is 0 Å². The number of aliphatic hydroxyl groups is 1. The summed E-state index contributed by atoms with van der Waals surface area (Å²) in [7, 11) is 0. The summed E-state index contributed by atoms with van der Waals surface area (Å²) >= 11 is 0. The molecule has 3 rings (SSSR count). The van der Waals surface area contributed by atoms with Crippen LogP contribution in [-0.4, -0.2) is 5.11 Å². The normalized spacial score (nSPS) is 15.3. The minimum atomic E-state index is 0.250. The first kappa shape index (κ1) is 9.28. The second kappa shape index (κ2) is 3.27. The van der Waals surface area contributed by atoms with E-state index in [4.69, 9.17) is 4.42 Å². The fourth-order valence-corrected chi connectivity index (χ4v) is 2.10. The number of fused-ring (bicyclic) bond motifs is 3. The Bertz CT molecular complexity index is 615. The van der Waals surface area contributed by atoms with Crippen LogP contribution in [0.3, 0.4) is 0 Å². The van der Waals surface area contributed by atoms with Gasteiger partial charge < -0.3 is 9.52 Å². The predicted molar refractivity (Wildman–Crippen MR) is 64.3 cm³/mol. The average Bonchev–Trinajstić information content (AvgIpc) is 2.61. The summed E-state index contributed by atoms with van der Waals surface area (Å²) in [6.07, 6.45) is 4.78. The van der Waals surface area contributed by atoms with Crippen LogP contribution in [0.5, 0.6) is 0 Å². The minimum Gasteiger partial charge on any atom is -0.504 e. The number of para-hydroxylation sites is 1. The molecule has 2 aromatic rings. The van der Waals surface area contributed by atoms with E-state index in [1.165, 1.54) is 0 Å². The van der Waals surface area contributed by atoms with Crippen molar-refractivity contribution in [1.29, 1.82) is 0 Å². The van der Waals surface area contributed by atoms with E-state index in [1.807, 2.05) is 37.3 Å². The molecular weight excluding hydrogens is 200 g/mol. The summed E-state index contributed by atoms with van der Waals surface area (Å²) in [4.78, 5) is 0. The molecule has 0 bridgehead atoms. The molecule has 1 aliphatic rings. The zero-order chi connectivity index (χ0) is 11.1. The second-order valence-electron chi connectivity index (χ2n) is 4.04. The summed E-state index contributed by atoms with van der Waals surface area (Å²) in [5, 5.41) is 11.1. The third-order valence-corrected chi connectivity index (χ3v) is 2.98. The lowest BCUT2D eigenvalue weighted by molar-refractivity contribution is 0.467. The maximum Gasteiger partial charge on any atom is 0.173 e. The van der Waals surface area contributed by atoms with Crippen LogP contribution in [0.2, 0.25) is 0 Å². The molecular formula is C14H12O2. The van der Waals surface area contributed by atoms with Crippen LogP contribution in [-0.2, 0) is 6.42 Å². The highest BCUT2D eigenvalue weighted by Crippen LogP contribution is 2.33. The van der Waals surface area contributed by atoms with Crippen molar-refractivity contribution < 1.29 is 9.52 Å². The molecule has 16 heavy (non-hydrogen) atoms. The monoisotopic (exact) mass is 212 g/mol. The van der Waals surface area contributed by atoms with Crippen LogP contribution in [0.25, 0.3) is 16.7 Å². The average molecular weight is 212 g/mol. The highest BCUT2D eigenvalue weighted by atomic mass is 16.4. The molecule has 0 atom stereocenters. The van der Waals surface area contributed by atoms with Crippen molar-refractivity contribution in [3.63, 3.8) is 0 Å². The van der Waals surface area contributed by atoms with E-state index in [-0.39, 0.29) is 5.76 Å². The molecule has 1 aliphatic carbocycles. The number of aliphatic hydroxyl groups excluding tert-OH is 1. The van der Waals surface area contributed by atoms with E-state index in [2.05, 4.69) is 6.08 Å². The first-order valence-electron chi connectivity index (χ1n) is 5.34. The van der Waals surface area contributed by atoms with Gasteiger partial charge in [-0.15, -0.1) is 0 Å². The Kier molecular flexibility index (Phi) is 1.90. The van der Waals surface area contributed by atoms with Crippen molar-refractivity contribution in [3.05, 3.63) is 53.3 Å². The van der Waals surface area contributed by atoms with Crippen molar-refractivity contribution in [2.75, 3.05) is 0 Å². The SMILES string of the molecule is CC1=C(O)c2oc3ccccc3c2CC=C1. The van der Waals surface area contributed by atoms with Gasteiger partial charge in [0, 0.05) is 10.9 Å². The molecule has 0 saturated carbocycles. The molecule has 0 radical (unpaired) electrons. The molecule has 2 nitrogen and oxygen atoms in total. The van der Waals surface area contributed by atoms with Crippen LogP contribution >= 0.6 is 0 Å². The lowest BCUT2D eigenvalue weighted by Crippen LogP contribution is -1.86. The Morgan fingerprint density at radius 1 is 1.25 bits per heavy atom. The first-order valence-corrected chi connectivity index (χ1v) is 5.34. The standard InChI is InChI=1S/C14H12O2/c1-9-5-4-7-11-10-6-2-3-8-12(10)16-14(11)13(9)15/h2-6,8,15H,7H2,1H3. The Labute approximate surface area is 93.5 Å². The van der Waals surface area contributed by atoms with Crippen LogP contribution in [0.1, 0.15) is 18.2 Å². The number of allylic oxidation sites excluding steroid dienone is 3. The van der Waals surface area contributed by atoms with E-state index < -0.39 is 0 Å². The molecule has 2 heteroatoms. The molecule has 0 saturated heterocycles. The molecule has 1 N–H and O–H groups in total. The maximum atomic E-state index is 10.0. The predicted octanol–water partition coefficient (Wildman–Crippen LogP) is 3.83. The Balaban J connectivity index is 2.38. The molecule has 0 amide bonds. The van der Waals surface area contributed by atoms with Gasteiger partial charge in [-0.1, -0.05) is 30.4 Å². The maximum absolute atomic E-state index is 10.0. The van der Waals surface area contributed by atoms with Gasteiger partial charge >= 0.3 is 0 Å². The van der Waals surface area contributed by atoms with Crippen molar-refractivity contribution in [3.8, 4) is 0 Å². The van der Waals surface area contributed by atoms with Gasteiger partial charge in [-0.2, -0.15) is 0 Å². The van der Waals surface area contributed by atoms with Gasteiger partial charge in [-0.05, 0) is 25.0 Å². The molecule has 0 fully saturated rings. The molecule has 1 aromatic heterocycles. The summed E-state index contributed by atoms with van der Waals surface area (Å²) in [6, 6.07) is 7.88. The van der Waals surface area contributed by atoms with E-state index >= 15 is 0 Å². The van der Waals surface area contributed by atoms with Crippen molar-refractivity contribution >= 4 is 16.7 Å². The molecule has 0 aliphatic heterocycles. The quantitative estimate of drug-likeness (QED) is 0.719. The topological polar surface area (TPSA) is 33.4 Å². The molecule has 1 aromatic carbocycles. The van der Waals surface area contributed by atoms with Gasteiger partial charge in [0.1, 0.15) is 5.58 Å². The van der Waals surface area contributed by atoms with Crippen molar-refractivity contribution in [1.82, 2.24) is 0 Å². The number of benzene rings is 1. The third-order valence-electron chi connectivity index (χ3n) is 2.98. The van der Waals surface area contributed by atoms with Crippen LogP contribution in [0, 0.1) is 0 Å². The number of rotatable bonds is 0. The number of hydrogen-bond acceptors (Lipinski definition) is 2. The minimum absolute atomic E-state index is 0.250. The van der Waals surface area contributed by atoms with Crippen LogP contribution < -0.4 is 0 Å². The summed E-state index contributed by atoms with van der Waals surface area (Å²) in [6.45, 7) is 1.88. The molecule has 80 valence electrons. The first-order chi connectivity index (χ1) is 7.77.